The number of piperidine rings is 1. The van der Waals surface area contributed by atoms with Gasteiger partial charge in [0.2, 0.25) is 0 Å². The summed E-state index contributed by atoms with van der Waals surface area (Å²) < 4.78 is 13.2. The van der Waals surface area contributed by atoms with Crippen molar-refractivity contribution in [1.29, 1.82) is 0 Å². The molecule has 2 aromatic rings. The number of aliphatic hydroxyl groups excluding tert-OH is 1. The van der Waals surface area contributed by atoms with Crippen LogP contribution < -0.4 is 0 Å². The molecular weight excluding hydrogens is 317 g/mol. The summed E-state index contributed by atoms with van der Waals surface area (Å²) >= 11 is 0. The molecule has 2 aliphatic heterocycles. The zero-order valence-electron chi connectivity index (χ0n) is 14.1. The second kappa shape index (κ2) is 6.60. The third kappa shape index (κ3) is 3.07. The van der Waals surface area contributed by atoms with E-state index in [1.54, 1.807) is 24.3 Å². The number of rotatable bonds is 3. The maximum atomic E-state index is 13.2. The van der Waals surface area contributed by atoms with Crippen molar-refractivity contribution in [3.05, 3.63) is 71.0 Å². The number of carbonyl (C=O) groups excluding carboxylic acids is 1. The minimum atomic E-state index is -0.203. The summed E-state index contributed by atoms with van der Waals surface area (Å²) in [5.74, 6) is 0.291. The lowest BCUT2D eigenvalue weighted by Gasteiger charge is -2.39. The van der Waals surface area contributed by atoms with Crippen LogP contribution >= 0.6 is 0 Å². The van der Waals surface area contributed by atoms with Crippen LogP contribution in [0.4, 0.5) is 4.39 Å². The van der Waals surface area contributed by atoms with Crippen molar-refractivity contribution >= 4 is 5.91 Å². The molecule has 2 heterocycles. The molecule has 0 radical (unpaired) electrons. The highest BCUT2D eigenvalue weighted by Gasteiger charge is 2.43. The van der Waals surface area contributed by atoms with Crippen molar-refractivity contribution in [2.75, 3.05) is 0 Å². The monoisotopic (exact) mass is 339 g/mol. The number of aliphatic hydroxyl groups is 1. The molecule has 2 aromatic carbocycles. The van der Waals surface area contributed by atoms with E-state index in [9.17, 15) is 9.18 Å². The molecule has 0 spiro atoms. The number of fused-ring (bicyclic) bond motifs is 2. The van der Waals surface area contributed by atoms with Crippen LogP contribution in [0.15, 0.2) is 48.5 Å². The smallest absolute Gasteiger partial charge is 0.254 e. The number of nitrogens with zero attached hydrogens (tertiary/aromatic N) is 1. The van der Waals surface area contributed by atoms with Gasteiger partial charge in [-0.05, 0) is 67.0 Å². The van der Waals surface area contributed by atoms with E-state index >= 15 is 0 Å². The maximum Gasteiger partial charge on any atom is 0.254 e. The molecule has 3 atom stereocenters. The van der Waals surface area contributed by atoms with E-state index in [1.807, 2.05) is 12.1 Å². The molecule has 0 aromatic heterocycles. The van der Waals surface area contributed by atoms with Crippen LogP contribution in [0.5, 0.6) is 0 Å². The van der Waals surface area contributed by atoms with Gasteiger partial charge in [-0.3, -0.25) is 4.79 Å². The summed E-state index contributed by atoms with van der Waals surface area (Å²) in [5, 5.41) is 9.15. The predicted molar refractivity (Wildman–Crippen MR) is 93.7 cm³/mol. The van der Waals surface area contributed by atoms with Crippen molar-refractivity contribution < 1.29 is 14.3 Å². The molecule has 0 aliphatic carbocycles. The minimum absolute atomic E-state index is 0.0111. The standard InChI is InChI=1S/C21H22FNO2/c22-18-7-5-15(6-8-18)17-11-19-9-10-20(12-17)23(19)21(25)16-3-1-14(13-24)2-4-16/h1-8,17,19-20,24H,9-13H2/t17-,19+,20-. The summed E-state index contributed by atoms with van der Waals surface area (Å²) in [4.78, 5) is 15.0. The first-order chi connectivity index (χ1) is 12.2. The summed E-state index contributed by atoms with van der Waals surface area (Å²) in [7, 11) is 0. The number of halogens is 1. The molecule has 2 fully saturated rings. The first-order valence-corrected chi connectivity index (χ1v) is 8.93. The second-order valence-electron chi connectivity index (χ2n) is 7.17. The molecule has 3 nitrogen and oxygen atoms in total. The lowest BCUT2D eigenvalue weighted by Crippen LogP contribution is -2.46. The van der Waals surface area contributed by atoms with Gasteiger partial charge in [-0.2, -0.15) is 0 Å². The number of benzene rings is 2. The van der Waals surface area contributed by atoms with Crippen LogP contribution in [-0.4, -0.2) is 28.0 Å². The molecule has 1 N–H and O–H groups in total. The molecule has 2 aliphatic rings. The largest absolute Gasteiger partial charge is 0.392 e. The summed E-state index contributed by atoms with van der Waals surface area (Å²) in [5.41, 5.74) is 2.68. The summed E-state index contributed by atoms with van der Waals surface area (Å²) in [6, 6.07) is 14.6. The van der Waals surface area contributed by atoms with Gasteiger partial charge in [-0.15, -0.1) is 0 Å². The molecule has 0 saturated carbocycles. The Morgan fingerprint density at radius 3 is 2.16 bits per heavy atom. The Morgan fingerprint density at radius 1 is 1.00 bits per heavy atom. The van der Waals surface area contributed by atoms with Crippen LogP contribution in [0, 0.1) is 5.82 Å². The van der Waals surface area contributed by atoms with E-state index in [0.29, 0.717) is 11.5 Å². The van der Waals surface area contributed by atoms with Crippen LogP contribution in [0.25, 0.3) is 0 Å². The van der Waals surface area contributed by atoms with Crippen molar-refractivity contribution in [1.82, 2.24) is 4.90 Å². The molecular formula is C21H22FNO2. The zero-order chi connectivity index (χ0) is 17.4. The highest BCUT2D eigenvalue weighted by Crippen LogP contribution is 2.43. The quantitative estimate of drug-likeness (QED) is 0.922. The first kappa shape index (κ1) is 16.3. The van der Waals surface area contributed by atoms with Gasteiger partial charge >= 0.3 is 0 Å². The van der Waals surface area contributed by atoms with E-state index in [4.69, 9.17) is 5.11 Å². The molecule has 0 unspecified atom stereocenters. The summed E-state index contributed by atoms with van der Waals surface area (Å²) in [6.45, 7) is -0.0111. The predicted octanol–water partition coefficient (Wildman–Crippen LogP) is 3.87. The lowest BCUT2D eigenvalue weighted by molar-refractivity contribution is 0.0571. The Hall–Kier alpha value is -2.20. The van der Waals surface area contributed by atoms with Crippen LogP contribution in [0.1, 0.15) is 53.1 Å². The Bertz CT molecular complexity index is 742. The van der Waals surface area contributed by atoms with E-state index in [1.165, 1.54) is 17.7 Å². The average Bonchev–Trinajstić information content (AvgIpc) is 2.91. The Morgan fingerprint density at radius 2 is 1.60 bits per heavy atom. The zero-order valence-corrected chi connectivity index (χ0v) is 14.1. The van der Waals surface area contributed by atoms with E-state index in [-0.39, 0.29) is 30.4 Å². The van der Waals surface area contributed by atoms with Crippen molar-refractivity contribution in [2.24, 2.45) is 0 Å². The second-order valence-corrected chi connectivity index (χ2v) is 7.17. The number of amides is 1. The van der Waals surface area contributed by atoms with Crippen LogP contribution in [0.3, 0.4) is 0 Å². The fourth-order valence-corrected chi connectivity index (χ4v) is 4.42. The number of hydrogen-bond acceptors (Lipinski definition) is 2. The van der Waals surface area contributed by atoms with Gasteiger partial charge < -0.3 is 10.0 Å². The lowest BCUT2D eigenvalue weighted by atomic mass is 9.85. The normalized spacial score (nSPS) is 25.2. The van der Waals surface area contributed by atoms with Crippen molar-refractivity contribution in [3.63, 3.8) is 0 Å². The van der Waals surface area contributed by atoms with Crippen molar-refractivity contribution in [2.45, 2.75) is 50.3 Å². The topological polar surface area (TPSA) is 40.5 Å². The molecule has 4 rings (SSSR count). The maximum absolute atomic E-state index is 13.2. The highest BCUT2D eigenvalue weighted by molar-refractivity contribution is 5.95. The molecule has 1 amide bonds. The number of hydrogen-bond donors (Lipinski definition) is 1. The fraction of sp³-hybridized carbons (Fsp3) is 0.381. The SMILES string of the molecule is O=C(c1ccc(CO)cc1)N1[C@@H]2CC[C@H]1C[C@@H](c1ccc(F)cc1)C2. The number of carbonyl (C=O) groups is 1. The van der Waals surface area contributed by atoms with Gasteiger partial charge in [0.05, 0.1) is 6.61 Å². The van der Waals surface area contributed by atoms with Gasteiger partial charge in [0.1, 0.15) is 5.82 Å². The third-order valence-corrected chi connectivity index (χ3v) is 5.69. The highest BCUT2D eigenvalue weighted by atomic mass is 19.1. The third-order valence-electron chi connectivity index (χ3n) is 5.69. The fourth-order valence-electron chi connectivity index (χ4n) is 4.42. The molecule has 2 saturated heterocycles. The molecule has 130 valence electrons. The van der Waals surface area contributed by atoms with E-state index in [0.717, 1.165) is 31.2 Å². The van der Waals surface area contributed by atoms with E-state index < -0.39 is 0 Å². The van der Waals surface area contributed by atoms with Gasteiger partial charge in [0, 0.05) is 17.6 Å². The minimum Gasteiger partial charge on any atom is -0.392 e. The Kier molecular flexibility index (Phi) is 4.30. The molecule has 2 bridgehead atoms. The van der Waals surface area contributed by atoms with Gasteiger partial charge in [-0.1, -0.05) is 24.3 Å². The Labute approximate surface area is 147 Å². The summed E-state index contributed by atoms with van der Waals surface area (Å²) in [6.07, 6.45) is 3.98. The van der Waals surface area contributed by atoms with E-state index in [2.05, 4.69) is 4.90 Å². The first-order valence-electron chi connectivity index (χ1n) is 8.93. The van der Waals surface area contributed by atoms with Crippen LogP contribution in [-0.2, 0) is 6.61 Å². The average molecular weight is 339 g/mol. The Balaban J connectivity index is 1.51. The molecule has 4 heteroatoms. The molecule has 25 heavy (non-hydrogen) atoms. The van der Waals surface area contributed by atoms with Crippen molar-refractivity contribution in [3.8, 4) is 0 Å². The van der Waals surface area contributed by atoms with Gasteiger partial charge in [0.15, 0.2) is 0 Å². The van der Waals surface area contributed by atoms with Gasteiger partial charge in [-0.25, -0.2) is 4.39 Å². The van der Waals surface area contributed by atoms with Crippen LogP contribution in [0.2, 0.25) is 0 Å². The van der Waals surface area contributed by atoms with Gasteiger partial charge in [0.25, 0.3) is 5.91 Å².